The molecule has 1 aliphatic carbocycles. The van der Waals surface area contributed by atoms with Crippen LogP contribution in [0, 0.1) is 11.3 Å². The molecule has 1 heterocycles. The lowest BCUT2D eigenvalue weighted by Crippen LogP contribution is -2.08. The van der Waals surface area contributed by atoms with Crippen LogP contribution < -0.4 is 4.74 Å². The fourth-order valence-corrected chi connectivity index (χ4v) is 1.18. The topological polar surface area (TPSA) is 58.8 Å². The van der Waals surface area contributed by atoms with E-state index in [9.17, 15) is 0 Å². The summed E-state index contributed by atoms with van der Waals surface area (Å²) in [5.74, 6) is 1.24. The van der Waals surface area contributed by atoms with Gasteiger partial charge in [0.05, 0.1) is 25.6 Å². The van der Waals surface area contributed by atoms with Gasteiger partial charge in [0.2, 0.25) is 0 Å². The fraction of sp³-hybridized carbons (Fsp3) is 0.444. The van der Waals surface area contributed by atoms with Gasteiger partial charge < -0.3 is 4.74 Å². The highest BCUT2D eigenvalue weighted by atomic mass is 16.5. The molecule has 0 aromatic carbocycles. The molecule has 4 heteroatoms. The Balaban J connectivity index is 2.29. The smallest absolute Gasteiger partial charge is 0.155 e. The third-order valence-corrected chi connectivity index (χ3v) is 2.26. The first-order valence-electron chi connectivity index (χ1n) is 4.08. The molecule has 0 saturated heterocycles. The minimum Gasteiger partial charge on any atom is -0.494 e. The first-order chi connectivity index (χ1) is 6.30. The van der Waals surface area contributed by atoms with E-state index in [1.165, 1.54) is 0 Å². The largest absolute Gasteiger partial charge is 0.494 e. The fourth-order valence-electron chi connectivity index (χ4n) is 1.18. The Morgan fingerprint density at radius 1 is 1.46 bits per heavy atom. The summed E-state index contributed by atoms with van der Waals surface area (Å²) >= 11 is 0. The summed E-state index contributed by atoms with van der Waals surface area (Å²) in [5, 5.41) is 8.88. The number of aromatic nitrogens is 2. The molecule has 0 amide bonds. The molecule has 0 atom stereocenters. The van der Waals surface area contributed by atoms with Gasteiger partial charge in [0.15, 0.2) is 5.75 Å². The van der Waals surface area contributed by atoms with Crippen LogP contribution in [0.15, 0.2) is 12.4 Å². The van der Waals surface area contributed by atoms with Crippen molar-refractivity contribution in [1.82, 2.24) is 9.97 Å². The molecule has 1 aromatic heterocycles. The van der Waals surface area contributed by atoms with E-state index in [0.29, 0.717) is 11.6 Å². The van der Waals surface area contributed by atoms with E-state index in [-0.39, 0.29) is 0 Å². The molecule has 4 nitrogen and oxygen atoms in total. The lowest BCUT2D eigenvalue weighted by atomic mass is 10.1. The SMILES string of the molecule is COc1cnc(C2(C#N)CC2)nc1. The lowest BCUT2D eigenvalue weighted by molar-refractivity contribution is 0.409. The van der Waals surface area contributed by atoms with Crippen LogP contribution in [-0.4, -0.2) is 17.1 Å². The van der Waals surface area contributed by atoms with Gasteiger partial charge in [0, 0.05) is 0 Å². The summed E-state index contributed by atoms with van der Waals surface area (Å²) in [4.78, 5) is 8.19. The standard InChI is InChI=1S/C9H9N3O/c1-13-7-4-11-8(12-5-7)9(6-10)2-3-9/h4-5H,2-3H2,1H3. The molecule has 0 spiro atoms. The summed E-state index contributed by atoms with van der Waals surface area (Å²) in [6.07, 6.45) is 4.94. The van der Waals surface area contributed by atoms with Gasteiger partial charge in [-0.3, -0.25) is 0 Å². The van der Waals surface area contributed by atoms with Crippen LogP contribution in [-0.2, 0) is 5.41 Å². The zero-order valence-electron chi connectivity index (χ0n) is 7.32. The maximum Gasteiger partial charge on any atom is 0.155 e. The zero-order chi connectivity index (χ0) is 9.31. The highest BCUT2D eigenvalue weighted by molar-refractivity contribution is 5.30. The Labute approximate surface area is 76.2 Å². The second kappa shape index (κ2) is 2.70. The maximum atomic E-state index is 8.88. The van der Waals surface area contributed by atoms with E-state index >= 15 is 0 Å². The monoisotopic (exact) mass is 175 g/mol. The van der Waals surface area contributed by atoms with Crippen LogP contribution >= 0.6 is 0 Å². The van der Waals surface area contributed by atoms with E-state index in [1.807, 2.05) is 0 Å². The van der Waals surface area contributed by atoms with Crippen molar-refractivity contribution in [1.29, 1.82) is 5.26 Å². The van der Waals surface area contributed by atoms with Crippen LogP contribution in [0.25, 0.3) is 0 Å². The van der Waals surface area contributed by atoms with Crippen molar-refractivity contribution in [2.24, 2.45) is 0 Å². The number of ether oxygens (including phenoxy) is 1. The molecule has 1 fully saturated rings. The Kier molecular flexibility index (Phi) is 1.66. The molecule has 1 aliphatic rings. The second-order valence-corrected chi connectivity index (χ2v) is 3.14. The second-order valence-electron chi connectivity index (χ2n) is 3.14. The number of hydrogen-bond acceptors (Lipinski definition) is 4. The van der Waals surface area contributed by atoms with E-state index in [4.69, 9.17) is 10.00 Å². The van der Waals surface area contributed by atoms with Crippen molar-refractivity contribution in [2.75, 3.05) is 7.11 Å². The first kappa shape index (κ1) is 7.99. The minimum atomic E-state index is -0.397. The molecule has 1 saturated carbocycles. The third-order valence-electron chi connectivity index (χ3n) is 2.26. The molecule has 0 bridgehead atoms. The quantitative estimate of drug-likeness (QED) is 0.673. The van der Waals surface area contributed by atoms with Crippen LogP contribution in [0.1, 0.15) is 18.7 Å². The Morgan fingerprint density at radius 2 is 2.08 bits per heavy atom. The summed E-state index contributed by atoms with van der Waals surface area (Å²) in [5.41, 5.74) is -0.397. The first-order valence-corrected chi connectivity index (χ1v) is 4.08. The normalized spacial score (nSPS) is 17.5. The van der Waals surface area contributed by atoms with E-state index < -0.39 is 5.41 Å². The van der Waals surface area contributed by atoms with Crippen molar-refractivity contribution in [3.8, 4) is 11.8 Å². The third kappa shape index (κ3) is 1.22. The average Bonchev–Trinajstić information content (AvgIpc) is 2.99. The summed E-state index contributed by atoms with van der Waals surface area (Å²) in [7, 11) is 1.57. The van der Waals surface area contributed by atoms with Gasteiger partial charge in [0.25, 0.3) is 0 Å². The van der Waals surface area contributed by atoms with Gasteiger partial charge in [-0.1, -0.05) is 0 Å². The van der Waals surface area contributed by atoms with Gasteiger partial charge in [-0.05, 0) is 12.8 Å². The van der Waals surface area contributed by atoms with Crippen molar-refractivity contribution in [2.45, 2.75) is 18.3 Å². The lowest BCUT2D eigenvalue weighted by Gasteiger charge is -2.03. The van der Waals surface area contributed by atoms with Crippen LogP contribution in [0.3, 0.4) is 0 Å². The molecule has 0 unspecified atom stereocenters. The van der Waals surface area contributed by atoms with Gasteiger partial charge >= 0.3 is 0 Å². The molecule has 0 aliphatic heterocycles. The highest BCUT2D eigenvalue weighted by Gasteiger charge is 2.47. The molecule has 0 N–H and O–H groups in total. The molecule has 2 rings (SSSR count). The number of nitriles is 1. The number of rotatable bonds is 2. The van der Waals surface area contributed by atoms with E-state index in [0.717, 1.165) is 12.8 Å². The Bertz CT molecular complexity index is 348. The van der Waals surface area contributed by atoms with Gasteiger partial charge in [-0.2, -0.15) is 5.26 Å². The molecule has 0 radical (unpaired) electrons. The predicted octanol–water partition coefficient (Wildman–Crippen LogP) is 1.04. The molecular weight excluding hydrogens is 166 g/mol. The summed E-state index contributed by atoms with van der Waals surface area (Å²) in [6, 6.07) is 2.24. The van der Waals surface area contributed by atoms with Gasteiger partial charge in [-0.15, -0.1) is 0 Å². The van der Waals surface area contributed by atoms with E-state index in [2.05, 4.69) is 16.0 Å². The predicted molar refractivity (Wildman–Crippen MR) is 45.1 cm³/mol. The van der Waals surface area contributed by atoms with Crippen LogP contribution in [0.4, 0.5) is 0 Å². The highest BCUT2D eigenvalue weighted by Crippen LogP contribution is 2.45. The van der Waals surface area contributed by atoms with Crippen molar-refractivity contribution in [3.63, 3.8) is 0 Å². The maximum absolute atomic E-state index is 8.88. The van der Waals surface area contributed by atoms with Crippen molar-refractivity contribution >= 4 is 0 Å². The molecular formula is C9H9N3O. The molecule has 13 heavy (non-hydrogen) atoms. The summed E-state index contributed by atoms with van der Waals surface area (Å²) in [6.45, 7) is 0. The summed E-state index contributed by atoms with van der Waals surface area (Å²) < 4.78 is 4.93. The molecule has 66 valence electrons. The number of methoxy groups -OCH3 is 1. The average molecular weight is 175 g/mol. The van der Waals surface area contributed by atoms with Gasteiger partial charge in [0.1, 0.15) is 11.2 Å². The molecule has 1 aromatic rings. The van der Waals surface area contributed by atoms with Crippen LogP contribution in [0.5, 0.6) is 5.75 Å². The van der Waals surface area contributed by atoms with Gasteiger partial charge in [-0.25, -0.2) is 9.97 Å². The Hall–Kier alpha value is -1.63. The number of nitrogens with zero attached hydrogens (tertiary/aromatic N) is 3. The minimum absolute atomic E-state index is 0.397. The van der Waals surface area contributed by atoms with E-state index in [1.54, 1.807) is 19.5 Å². The van der Waals surface area contributed by atoms with Crippen molar-refractivity contribution in [3.05, 3.63) is 18.2 Å². The zero-order valence-corrected chi connectivity index (χ0v) is 7.32. The Morgan fingerprint density at radius 3 is 2.46 bits per heavy atom. The number of hydrogen-bond donors (Lipinski definition) is 0. The van der Waals surface area contributed by atoms with Crippen molar-refractivity contribution < 1.29 is 4.74 Å². The van der Waals surface area contributed by atoms with Crippen LogP contribution in [0.2, 0.25) is 0 Å².